The van der Waals surface area contributed by atoms with Crippen molar-refractivity contribution in [1.82, 2.24) is 0 Å². The molecule has 0 saturated carbocycles. The first-order chi connectivity index (χ1) is 11.4. The van der Waals surface area contributed by atoms with Crippen molar-refractivity contribution >= 4 is 17.3 Å². The largest absolute Gasteiger partial charge is 0.369 e. The fraction of sp³-hybridized carbons (Fsp3) is 0.600. The highest BCUT2D eigenvalue weighted by atomic mass is 19.1. The van der Waals surface area contributed by atoms with E-state index in [1.807, 2.05) is 18.7 Å². The molecule has 1 aromatic carbocycles. The topological polar surface area (TPSA) is 37.4 Å². The maximum absolute atomic E-state index is 14.7. The predicted octanol–water partition coefficient (Wildman–Crippen LogP) is 4.88. The molecule has 1 aliphatic heterocycles. The van der Waals surface area contributed by atoms with Gasteiger partial charge in [-0.3, -0.25) is 9.59 Å². The van der Waals surface area contributed by atoms with Crippen molar-refractivity contribution < 1.29 is 14.0 Å². The zero-order valence-electron chi connectivity index (χ0n) is 15.2. The summed E-state index contributed by atoms with van der Waals surface area (Å²) in [7, 11) is 0. The van der Waals surface area contributed by atoms with Crippen LogP contribution in [-0.4, -0.2) is 24.7 Å². The van der Waals surface area contributed by atoms with Crippen molar-refractivity contribution in [3.05, 3.63) is 29.1 Å². The minimum absolute atomic E-state index is 0.155. The number of halogens is 1. The number of hydrogen-bond acceptors (Lipinski definition) is 3. The number of anilines is 1. The first kappa shape index (κ1) is 18.6. The molecule has 4 heteroatoms. The van der Waals surface area contributed by atoms with E-state index in [-0.39, 0.29) is 23.0 Å². The van der Waals surface area contributed by atoms with E-state index in [9.17, 15) is 14.0 Å². The Labute approximate surface area is 144 Å². The monoisotopic (exact) mass is 333 g/mol. The fourth-order valence-electron chi connectivity index (χ4n) is 3.33. The second-order valence-corrected chi connectivity index (χ2v) is 6.92. The number of piperidine rings is 1. The normalized spacial score (nSPS) is 17.0. The predicted molar refractivity (Wildman–Crippen MR) is 95.4 cm³/mol. The number of nitrogens with zero attached hydrogens (tertiary/aromatic N) is 1. The first-order valence-corrected chi connectivity index (χ1v) is 9.02. The molecule has 1 heterocycles. The van der Waals surface area contributed by atoms with E-state index in [1.165, 1.54) is 13.0 Å². The number of ketones is 2. The van der Waals surface area contributed by atoms with Crippen molar-refractivity contribution in [1.29, 1.82) is 0 Å². The van der Waals surface area contributed by atoms with Crippen molar-refractivity contribution in [2.45, 2.75) is 53.4 Å². The van der Waals surface area contributed by atoms with Crippen LogP contribution in [-0.2, 0) is 0 Å². The third kappa shape index (κ3) is 3.85. The van der Waals surface area contributed by atoms with Gasteiger partial charge in [0.05, 0.1) is 5.69 Å². The third-order valence-electron chi connectivity index (χ3n) is 5.32. The summed E-state index contributed by atoms with van der Waals surface area (Å²) in [5.41, 5.74) is 1.02. The molecule has 1 unspecified atom stereocenters. The SMILES string of the molecule is CCC1CCN(c2cc(C(C)=O)c(C(=O)C(C)CC)cc2F)CC1. The maximum Gasteiger partial charge on any atom is 0.166 e. The standard InChI is InChI=1S/C20H28FNO2/c1-5-13(3)20(24)17-11-18(21)19(12-16(17)14(4)23)22-9-7-15(6-2)8-10-22/h11-13,15H,5-10H2,1-4H3. The van der Waals surface area contributed by atoms with Crippen LogP contribution < -0.4 is 4.90 Å². The lowest BCUT2D eigenvalue weighted by Gasteiger charge is -2.33. The van der Waals surface area contributed by atoms with Crippen LogP contribution in [0.5, 0.6) is 0 Å². The van der Waals surface area contributed by atoms with Gasteiger partial charge in [-0.1, -0.05) is 27.2 Å². The molecular formula is C20H28FNO2. The molecule has 132 valence electrons. The highest BCUT2D eigenvalue weighted by Crippen LogP contribution is 2.30. The summed E-state index contributed by atoms with van der Waals surface area (Å²) in [6, 6.07) is 2.85. The zero-order valence-corrected chi connectivity index (χ0v) is 15.2. The molecule has 0 aromatic heterocycles. The number of carbonyl (C=O) groups is 2. The summed E-state index contributed by atoms with van der Waals surface area (Å²) in [6.07, 6.45) is 3.90. The lowest BCUT2D eigenvalue weighted by Crippen LogP contribution is -2.34. The third-order valence-corrected chi connectivity index (χ3v) is 5.32. The summed E-state index contributed by atoms with van der Waals surface area (Å²) in [5, 5.41) is 0. The van der Waals surface area contributed by atoms with Gasteiger partial charge in [0.15, 0.2) is 11.6 Å². The second-order valence-electron chi connectivity index (χ2n) is 6.92. The summed E-state index contributed by atoms with van der Waals surface area (Å²) in [6.45, 7) is 8.95. The van der Waals surface area contributed by atoms with Gasteiger partial charge in [-0.25, -0.2) is 4.39 Å². The summed E-state index contributed by atoms with van der Waals surface area (Å²) in [5.74, 6) is -0.262. The Morgan fingerprint density at radius 1 is 1.21 bits per heavy atom. The summed E-state index contributed by atoms with van der Waals surface area (Å²) in [4.78, 5) is 26.5. The van der Waals surface area contributed by atoms with Crippen LogP contribution in [0.25, 0.3) is 0 Å². The first-order valence-electron chi connectivity index (χ1n) is 9.02. The van der Waals surface area contributed by atoms with Gasteiger partial charge in [0.25, 0.3) is 0 Å². The van der Waals surface area contributed by atoms with Crippen LogP contribution in [0.4, 0.5) is 10.1 Å². The van der Waals surface area contributed by atoms with Crippen molar-refractivity contribution in [2.75, 3.05) is 18.0 Å². The molecule has 0 N–H and O–H groups in total. The van der Waals surface area contributed by atoms with Gasteiger partial charge in [-0.15, -0.1) is 0 Å². The molecule has 0 radical (unpaired) electrons. The molecule has 1 atom stereocenters. The van der Waals surface area contributed by atoms with Gasteiger partial charge in [-0.2, -0.15) is 0 Å². The highest BCUT2D eigenvalue weighted by Gasteiger charge is 2.25. The van der Waals surface area contributed by atoms with Gasteiger partial charge >= 0.3 is 0 Å². The molecule has 1 aliphatic rings. The second kappa shape index (κ2) is 7.91. The Balaban J connectivity index is 2.37. The lowest BCUT2D eigenvalue weighted by molar-refractivity contribution is 0.0915. The van der Waals surface area contributed by atoms with Crippen molar-refractivity contribution in [2.24, 2.45) is 11.8 Å². The molecule has 0 aliphatic carbocycles. The van der Waals surface area contributed by atoms with Gasteiger partial charge in [0.1, 0.15) is 5.82 Å². The summed E-state index contributed by atoms with van der Waals surface area (Å²) < 4.78 is 14.7. The Hall–Kier alpha value is -1.71. The number of Topliss-reactive ketones (excluding diaryl/α,β-unsaturated/α-hetero) is 2. The van der Waals surface area contributed by atoms with E-state index in [4.69, 9.17) is 0 Å². The fourth-order valence-corrected chi connectivity index (χ4v) is 3.33. The Morgan fingerprint density at radius 2 is 1.83 bits per heavy atom. The molecule has 1 aromatic rings. The number of benzene rings is 1. The molecule has 1 saturated heterocycles. The van der Waals surface area contributed by atoms with Crippen LogP contribution in [0, 0.1) is 17.7 Å². The van der Waals surface area contributed by atoms with Gasteiger partial charge in [0.2, 0.25) is 0 Å². The molecule has 3 nitrogen and oxygen atoms in total. The molecule has 0 amide bonds. The summed E-state index contributed by atoms with van der Waals surface area (Å²) >= 11 is 0. The van der Waals surface area contributed by atoms with E-state index in [0.717, 1.165) is 32.4 Å². The van der Waals surface area contributed by atoms with Crippen LogP contribution >= 0.6 is 0 Å². The van der Waals surface area contributed by atoms with Crippen molar-refractivity contribution in [3.8, 4) is 0 Å². The van der Waals surface area contributed by atoms with E-state index in [2.05, 4.69) is 6.92 Å². The average Bonchev–Trinajstić information content (AvgIpc) is 2.60. The Morgan fingerprint density at radius 3 is 2.33 bits per heavy atom. The van der Waals surface area contributed by atoms with Gasteiger partial charge in [-0.05, 0) is 44.2 Å². The minimum atomic E-state index is -0.401. The smallest absolute Gasteiger partial charge is 0.166 e. The molecular weight excluding hydrogens is 305 g/mol. The Bertz CT molecular complexity index is 618. The van der Waals surface area contributed by atoms with Gasteiger partial charge in [0, 0.05) is 30.1 Å². The number of hydrogen-bond donors (Lipinski definition) is 0. The zero-order chi connectivity index (χ0) is 17.9. The molecule has 1 fully saturated rings. The maximum atomic E-state index is 14.7. The number of carbonyl (C=O) groups excluding carboxylic acids is 2. The lowest BCUT2D eigenvalue weighted by atomic mass is 9.90. The van der Waals surface area contributed by atoms with Crippen LogP contribution in [0.1, 0.15) is 74.1 Å². The number of rotatable bonds is 6. The van der Waals surface area contributed by atoms with E-state index in [1.54, 1.807) is 6.07 Å². The molecule has 0 spiro atoms. The Kier molecular flexibility index (Phi) is 6.14. The van der Waals surface area contributed by atoms with Crippen LogP contribution in [0.15, 0.2) is 12.1 Å². The van der Waals surface area contributed by atoms with Crippen LogP contribution in [0.3, 0.4) is 0 Å². The average molecular weight is 333 g/mol. The molecule has 0 bridgehead atoms. The van der Waals surface area contributed by atoms with E-state index < -0.39 is 5.82 Å². The van der Waals surface area contributed by atoms with E-state index >= 15 is 0 Å². The van der Waals surface area contributed by atoms with Crippen molar-refractivity contribution in [3.63, 3.8) is 0 Å². The van der Waals surface area contributed by atoms with Crippen LogP contribution in [0.2, 0.25) is 0 Å². The molecule has 24 heavy (non-hydrogen) atoms. The minimum Gasteiger partial charge on any atom is -0.369 e. The van der Waals surface area contributed by atoms with Gasteiger partial charge < -0.3 is 4.90 Å². The quantitative estimate of drug-likeness (QED) is 0.696. The highest BCUT2D eigenvalue weighted by molar-refractivity contribution is 6.09. The van der Waals surface area contributed by atoms with E-state index in [0.29, 0.717) is 23.6 Å². The molecule has 2 rings (SSSR count).